The number of hydrogen-bond donors (Lipinski definition) is 0. The molecule has 0 saturated carbocycles. The molecule has 1 aromatic carbocycles. The highest BCUT2D eigenvalue weighted by Gasteiger charge is 2.17. The van der Waals surface area contributed by atoms with Crippen molar-refractivity contribution in [3.05, 3.63) is 55.8 Å². The topological polar surface area (TPSA) is 96.1 Å². The number of aryl methyl sites for hydroxylation is 1. The highest BCUT2D eigenvalue weighted by Crippen LogP contribution is 2.25. The maximum Gasteiger partial charge on any atom is 0.332 e. The lowest BCUT2D eigenvalue weighted by Crippen LogP contribution is -2.40. The van der Waals surface area contributed by atoms with E-state index in [0.717, 1.165) is 10.1 Å². The van der Waals surface area contributed by atoms with Crippen LogP contribution >= 0.6 is 15.9 Å². The highest BCUT2D eigenvalue weighted by molar-refractivity contribution is 9.10. The van der Waals surface area contributed by atoms with Crippen molar-refractivity contribution in [2.75, 3.05) is 6.61 Å². The lowest BCUT2D eigenvalue weighted by Gasteiger charge is -2.11. The molecule has 0 aliphatic carbocycles. The van der Waals surface area contributed by atoms with Gasteiger partial charge in [0.1, 0.15) is 10.3 Å². The van der Waals surface area contributed by atoms with E-state index in [0.29, 0.717) is 23.3 Å². The number of ether oxygens (including phenoxy) is 1. The number of carbonyl (C=O) groups is 1. The molecule has 0 fully saturated rings. The van der Waals surface area contributed by atoms with Crippen LogP contribution in [0.1, 0.15) is 19.8 Å². The number of aromatic nitrogens is 4. The van der Waals surface area contributed by atoms with Gasteiger partial charge in [-0.05, 0) is 29.3 Å². The third-order valence-electron chi connectivity index (χ3n) is 4.23. The zero-order chi connectivity index (χ0) is 20.3. The fourth-order valence-electron chi connectivity index (χ4n) is 2.86. The molecular formula is C19H19BrN4O4. The number of halogens is 1. The van der Waals surface area contributed by atoms with Crippen LogP contribution in [0.3, 0.4) is 0 Å². The van der Waals surface area contributed by atoms with Gasteiger partial charge in [0.25, 0.3) is 5.56 Å². The predicted molar refractivity (Wildman–Crippen MR) is 108 cm³/mol. The Labute approximate surface area is 168 Å². The minimum Gasteiger partial charge on any atom is -0.466 e. The lowest BCUT2D eigenvalue weighted by molar-refractivity contribution is -0.143. The number of benzene rings is 1. The van der Waals surface area contributed by atoms with Crippen LogP contribution in [-0.4, -0.2) is 31.7 Å². The second-order valence-corrected chi connectivity index (χ2v) is 6.86. The quantitative estimate of drug-likeness (QED) is 0.538. The lowest BCUT2D eigenvalue weighted by atomic mass is 10.2. The first-order valence-corrected chi connectivity index (χ1v) is 9.61. The average molecular weight is 447 g/mol. The van der Waals surface area contributed by atoms with E-state index in [1.807, 2.05) is 30.3 Å². The van der Waals surface area contributed by atoms with Crippen molar-refractivity contribution in [1.82, 2.24) is 19.1 Å². The smallest absolute Gasteiger partial charge is 0.332 e. The summed E-state index contributed by atoms with van der Waals surface area (Å²) in [5.74, 6) is -0.358. The molecule has 146 valence electrons. The summed E-state index contributed by atoms with van der Waals surface area (Å²) in [5.41, 5.74) is 0.574. The molecule has 2 heterocycles. The molecule has 3 aromatic rings. The van der Waals surface area contributed by atoms with E-state index in [4.69, 9.17) is 4.74 Å². The Morgan fingerprint density at radius 1 is 1.18 bits per heavy atom. The van der Waals surface area contributed by atoms with Crippen LogP contribution in [0, 0.1) is 0 Å². The van der Waals surface area contributed by atoms with E-state index >= 15 is 0 Å². The summed E-state index contributed by atoms with van der Waals surface area (Å²) in [5, 5.41) is 0. The number of rotatable bonds is 6. The van der Waals surface area contributed by atoms with Gasteiger partial charge >= 0.3 is 11.7 Å². The zero-order valence-electron chi connectivity index (χ0n) is 15.5. The monoisotopic (exact) mass is 446 g/mol. The Morgan fingerprint density at radius 2 is 1.89 bits per heavy atom. The Morgan fingerprint density at radius 3 is 2.57 bits per heavy atom. The van der Waals surface area contributed by atoms with E-state index in [2.05, 4.69) is 25.9 Å². The first kappa shape index (κ1) is 19.9. The van der Waals surface area contributed by atoms with Crippen molar-refractivity contribution < 1.29 is 9.53 Å². The van der Waals surface area contributed by atoms with Crippen molar-refractivity contribution in [2.24, 2.45) is 7.05 Å². The van der Waals surface area contributed by atoms with Gasteiger partial charge in [0.05, 0.1) is 6.61 Å². The highest BCUT2D eigenvalue weighted by atomic mass is 79.9. The Hall–Kier alpha value is -2.81. The Kier molecular flexibility index (Phi) is 6.03. The van der Waals surface area contributed by atoms with Crippen molar-refractivity contribution in [3.63, 3.8) is 0 Å². The van der Waals surface area contributed by atoms with Gasteiger partial charge in [-0.3, -0.25) is 18.7 Å². The SMILES string of the molecule is CCOC(=O)CCCn1c(=O)c2nc(-c3ccccc3)c(Br)nc2n(C)c1=O. The maximum atomic E-state index is 12.9. The Balaban J connectivity index is 2.07. The third-order valence-corrected chi connectivity index (χ3v) is 4.79. The number of esters is 1. The van der Waals surface area contributed by atoms with Gasteiger partial charge in [-0.1, -0.05) is 30.3 Å². The van der Waals surface area contributed by atoms with Crippen molar-refractivity contribution in [1.29, 1.82) is 0 Å². The van der Waals surface area contributed by atoms with Gasteiger partial charge in [-0.25, -0.2) is 14.8 Å². The molecule has 0 N–H and O–H groups in total. The molecule has 0 unspecified atom stereocenters. The van der Waals surface area contributed by atoms with E-state index in [1.165, 1.54) is 11.6 Å². The minimum absolute atomic E-state index is 0.0959. The molecular weight excluding hydrogens is 428 g/mol. The predicted octanol–water partition coefficient (Wildman–Crippen LogP) is 2.26. The zero-order valence-corrected chi connectivity index (χ0v) is 17.1. The van der Waals surface area contributed by atoms with Gasteiger partial charge in [0.15, 0.2) is 11.2 Å². The second kappa shape index (κ2) is 8.47. The molecule has 0 atom stereocenters. The van der Waals surface area contributed by atoms with Crippen LogP contribution in [0.5, 0.6) is 0 Å². The van der Waals surface area contributed by atoms with E-state index in [1.54, 1.807) is 6.92 Å². The van der Waals surface area contributed by atoms with Crippen molar-refractivity contribution in [2.45, 2.75) is 26.3 Å². The summed E-state index contributed by atoms with van der Waals surface area (Å²) in [6.07, 6.45) is 0.442. The fourth-order valence-corrected chi connectivity index (χ4v) is 3.35. The molecule has 9 heteroatoms. The van der Waals surface area contributed by atoms with Crippen LogP contribution in [0.15, 0.2) is 44.5 Å². The molecule has 2 aromatic heterocycles. The molecule has 3 rings (SSSR count). The normalized spacial score (nSPS) is 11.0. The molecule has 0 amide bonds. The molecule has 28 heavy (non-hydrogen) atoms. The number of nitrogens with zero attached hydrogens (tertiary/aromatic N) is 4. The average Bonchev–Trinajstić information content (AvgIpc) is 2.69. The Bertz CT molecular complexity index is 1140. The van der Waals surface area contributed by atoms with Crippen LogP contribution in [0.4, 0.5) is 0 Å². The summed E-state index contributed by atoms with van der Waals surface area (Å²) < 4.78 is 7.69. The maximum absolute atomic E-state index is 12.9. The van der Waals surface area contributed by atoms with Gasteiger partial charge in [-0.2, -0.15) is 0 Å². The van der Waals surface area contributed by atoms with E-state index in [9.17, 15) is 14.4 Å². The molecule has 8 nitrogen and oxygen atoms in total. The summed E-state index contributed by atoms with van der Waals surface area (Å²) in [6, 6.07) is 9.33. The molecule has 0 spiro atoms. The minimum atomic E-state index is -0.529. The van der Waals surface area contributed by atoms with E-state index in [-0.39, 0.29) is 30.1 Å². The third kappa shape index (κ3) is 3.89. The van der Waals surface area contributed by atoms with Gasteiger partial charge < -0.3 is 4.74 Å². The standard InChI is InChI=1S/C19H19BrN4O4/c1-3-28-13(25)10-7-11-24-18(26)15-17(23(2)19(24)27)22-16(20)14(21-15)12-8-5-4-6-9-12/h4-6,8-9H,3,7,10-11H2,1-2H3. The van der Waals surface area contributed by atoms with Gasteiger partial charge in [0, 0.05) is 25.6 Å². The molecule has 0 radical (unpaired) electrons. The van der Waals surface area contributed by atoms with Crippen LogP contribution in [0.25, 0.3) is 22.4 Å². The first-order chi connectivity index (χ1) is 13.4. The molecule has 0 saturated heterocycles. The van der Waals surface area contributed by atoms with Crippen LogP contribution in [0.2, 0.25) is 0 Å². The molecule has 0 aliphatic rings. The fraction of sp³-hybridized carbons (Fsp3) is 0.316. The summed E-state index contributed by atoms with van der Waals surface area (Å²) in [6.45, 7) is 2.12. The van der Waals surface area contributed by atoms with Gasteiger partial charge in [-0.15, -0.1) is 0 Å². The number of carbonyl (C=O) groups excluding carboxylic acids is 1. The summed E-state index contributed by atoms with van der Waals surface area (Å²) in [4.78, 5) is 45.9. The largest absolute Gasteiger partial charge is 0.466 e. The van der Waals surface area contributed by atoms with Crippen molar-refractivity contribution >= 4 is 33.1 Å². The summed E-state index contributed by atoms with van der Waals surface area (Å²) >= 11 is 3.38. The van der Waals surface area contributed by atoms with Crippen LogP contribution < -0.4 is 11.2 Å². The second-order valence-electron chi connectivity index (χ2n) is 6.11. The van der Waals surface area contributed by atoms with Crippen LogP contribution in [-0.2, 0) is 23.1 Å². The van der Waals surface area contributed by atoms with Gasteiger partial charge in [0.2, 0.25) is 0 Å². The van der Waals surface area contributed by atoms with E-state index < -0.39 is 11.2 Å². The summed E-state index contributed by atoms with van der Waals surface area (Å²) in [7, 11) is 1.54. The first-order valence-electron chi connectivity index (χ1n) is 8.82. The molecule has 0 aliphatic heterocycles. The van der Waals surface area contributed by atoms with Crippen molar-refractivity contribution in [3.8, 4) is 11.3 Å². The molecule has 0 bridgehead atoms. The number of hydrogen-bond acceptors (Lipinski definition) is 6. The number of fused-ring (bicyclic) bond motifs is 1.